The SMILES string of the molecule is CCCCCCCCCCCCCOCCOCCOCCCNC(=O)CCC(=O)O. The van der Waals surface area contributed by atoms with E-state index in [9.17, 15) is 9.59 Å². The highest BCUT2D eigenvalue weighted by atomic mass is 16.5. The largest absolute Gasteiger partial charge is 0.481 e. The molecule has 7 heteroatoms. The van der Waals surface area contributed by atoms with Gasteiger partial charge in [0.25, 0.3) is 0 Å². The number of unbranched alkanes of at least 4 members (excludes halogenated alkanes) is 10. The van der Waals surface area contributed by atoms with Crippen LogP contribution in [0.3, 0.4) is 0 Å². The van der Waals surface area contributed by atoms with E-state index >= 15 is 0 Å². The molecule has 0 saturated heterocycles. The summed E-state index contributed by atoms with van der Waals surface area (Å²) < 4.78 is 16.5. The number of hydrogen-bond donors (Lipinski definition) is 2. The van der Waals surface area contributed by atoms with Gasteiger partial charge in [-0.2, -0.15) is 0 Å². The van der Waals surface area contributed by atoms with E-state index < -0.39 is 5.97 Å². The zero-order valence-corrected chi connectivity index (χ0v) is 19.8. The molecule has 184 valence electrons. The molecule has 0 bridgehead atoms. The fourth-order valence-electron chi connectivity index (χ4n) is 3.12. The Labute approximate surface area is 189 Å². The topological polar surface area (TPSA) is 94.1 Å². The second-order valence-corrected chi connectivity index (χ2v) is 7.97. The van der Waals surface area contributed by atoms with Crippen molar-refractivity contribution in [3.8, 4) is 0 Å². The Morgan fingerprint density at radius 3 is 1.58 bits per heavy atom. The van der Waals surface area contributed by atoms with Crippen LogP contribution in [0.1, 0.15) is 96.8 Å². The summed E-state index contributed by atoms with van der Waals surface area (Å²) in [6.07, 6.45) is 15.3. The molecule has 0 fully saturated rings. The summed E-state index contributed by atoms with van der Waals surface area (Å²) in [6.45, 7) is 6.37. The molecule has 0 saturated carbocycles. The fraction of sp³-hybridized carbons (Fsp3) is 0.917. The summed E-state index contributed by atoms with van der Waals surface area (Å²) in [5.74, 6) is -1.20. The van der Waals surface area contributed by atoms with E-state index in [0.29, 0.717) is 46.0 Å². The standard InChI is InChI=1S/C24H47NO6/c1-2-3-4-5-6-7-8-9-10-11-12-17-29-19-21-31-22-20-30-18-13-16-25-23(26)14-15-24(27)28/h2-22H2,1H3,(H,25,26)(H,27,28). The van der Waals surface area contributed by atoms with Crippen LogP contribution in [0, 0.1) is 0 Å². The molecule has 0 heterocycles. The molecule has 0 radical (unpaired) electrons. The monoisotopic (exact) mass is 445 g/mol. The lowest BCUT2D eigenvalue weighted by Crippen LogP contribution is -2.25. The van der Waals surface area contributed by atoms with Gasteiger partial charge in [-0.3, -0.25) is 9.59 Å². The summed E-state index contributed by atoms with van der Waals surface area (Å²) in [7, 11) is 0. The molecule has 0 aliphatic carbocycles. The Balaban J connectivity index is 3.08. The van der Waals surface area contributed by atoms with Gasteiger partial charge in [0.15, 0.2) is 0 Å². The van der Waals surface area contributed by atoms with Gasteiger partial charge >= 0.3 is 5.97 Å². The highest BCUT2D eigenvalue weighted by Crippen LogP contribution is 2.11. The van der Waals surface area contributed by atoms with Gasteiger partial charge in [-0.25, -0.2) is 0 Å². The maximum absolute atomic E-state index is 11.3. The van der Waals surface area contributed by atoms with Crippen LogP contribution in [-0.4, -0.2) is 63.2 Å². The van der Waals surface area contributed by atoms with Crippen LogP contribution in [0.4, 0.5) is 0 Å². The number of nitrogens with one attached hydrogen (secondary N) is 1. The molecule has 0 aliphatic rings. The smallest absolute Gasteiger partial charge is 0.303 e. The lowest BCUT2D eigenvalue weighted by atomic mass is 10.1. The van der Waals surface area contributed by atoms with Crippen molar-refractivity contribution in [3.05, 3.63) is 0 Å². The van der Waals surface area contributed by atoms with Gasteiger partial charge in [-0.05, 0) is 12.8 Å². The van der Waals surface area contributed by atoms with Crippen LogP contribution in [0.15, 0.2) is 0 Å². The first-order valence-corrected chi connectivity index (χ1v) is 12.4. The van der Waals surface area contributed by atoms with Gasteiger partial charge in [-0.1, -0.05) is 71.1 Å². The molecule has 0 aromatic rings. The normalized spacial score (nSPS) is 11.0. The number of amides is 1. The van der Waals surface area contributed by atoms with Gasteiger partial charge in [0.1, 0.15) is 0 Å². The number of carbonyl (C=O) groups excluding carboxylic acids is 1. The van der Waals surface area contributed by atoms with Crippen LogP contribution >= 0.6 is 0 Å². The molecular weight excluding hydrogens is 398 g/mol. The van der Waals surface area contributed by atoms with E-state index in [-0.39, 0.29) is 18.7 Å². The van der Waals surface area contributed by atoms with Gasteiger partial charge in [0, 0.05) is 26.2 Å². The van der Waals surface area contributed by atoms with E-state index in [1.165, 1.54) is 64.2 Å². The quantitative estimate of drug-likeness (QED) is 0.198. The molecule has 0 aliphatic heterocycles. The Bertz CT molecular complexity index is 406. The molecular formula is C24H47NO6. The Kier molecular flexibility index (Phi) is 24.1. The summed E-state index contributed by atoms with van der Waals surface area (Å²) in [6, 6.07) is 0. The number of hydrogen-bond acceptors (Lipinski definition) is 5. The molecule has 0 rings (SSSR count). The van der Waals surface area contributed by atoms with Crippen LogP contribution in [0.25, 0.3) is 0 Å². The number of ether oxygens (including phenoxy) is 3. The van der Waals surface area contributed by atoms with Crippen molar-refractivity contribution < 1.29 is 28.9 Å². The number of carboxylic acids is 1. The molecule has 0 atom stereocenters. The number of carboxylic acid groups (broad SMARTS) is 1. The molecule has 2 N–H and O–H groups in total. The molecule has 0 aromatic heterocycles. The van der Waals surface area contributed by atoms with Gasteiger partial charge in [-0.15, -0.1) is 0 Å². The van der Waals surface area contributed by atoms with Crippen LogP contribution in [0.5, 0.6) is 0 Å². The minimum atomic E-state index is -0.960. The predicted molar refractivity (Wildman–Crippen MR) is 123 cm³/mol. The van der Waals surface area contributed by atoms with Gasteiger partial charge in [0.2, 0.25) is 5.91 Å². The van der Waals surface area contributed by atoms with E-state index in [0.717, 1.165) is 13.0 Å². The average molecular weight is 446 g/mol. The molecule has 31 heavy (non-hydrogen) atoms. The summed E-state index contributed by atoms with van der Waals surface area (Å²) >= 11 is 0. The Hall–Kier alpha value is -1.18. The van der Waals surface area contributed by atoms with Crippen molar-refractivity contribution in [1.29, 1.82) is 0 Å². The number of rotatable bonds is 25. The first kappa shape index (κ1) is 29.8. The highest BCUT2D eigenvalue weighted by molar-refractivity contribution is 5.80. The Morgan fingerprint density at radius 2 is 1.06 bits per heavy atom. The number of carbonyl (C=O) groups is 2. The summed E-state index contributed by atoms with van der Waals surface area (Å²) in [5, 5.41) is 11.2. The molecule has 0 spiro atoms. The van der Waals surface area contributed by atoms with E-state index in [1.807, 2.05) is 0 Å². The lowest BCUT2D eigenvalue weighted by Gasteiger charge is -2.07. The molecule has 1 amide bonds. The zero-order chi connectivity index (χ0) is 22.8. The van der Waals surface area contributed by atoms with Crippen LogP contribution in [0.2, 0.25) is 0 Å². The maximum Gasteiger partial charge on any atom is 0.303 e. The minimum Gasteiger partial charge on any atom is -0.481 e. The van der Waals surface area contributed by atoms with Crippen LogP contribution < -0.4 is 5.32 Å². The molecule has 0 aromatic carbocycles. The maximum atomic E-state index is 11.3. The second-order valence-electron chi connectivity index (χ2n) is 7.97. The van der Waals surface area contributed by atoms with Crippen LogP contribution in [-0.2, 0) is 23.8 Å². The lowest BCUT2D eigenvalue weighted by molar-refractivity contribution is -0.138. The number of aliphatic carboxylic acids is 1. The summed E-state index contributed by atoms with van der Waals surface area (Å²) in [5.41, 5.74) is 0. The van der Waals surface area contributed by atoms with Crippen molar-refractivity contribution in [3.63, 3.8) is 0 Å². The summed E-state index contributed by atoms with van der Waals surface area (Å²) in [4.78, 5) is 21.7. The van der Waals surface area contributed by atoms with Crippen molar-refractivity contribution >= 4 is 11.9 Å². The van der Waals surface area contributed by atoms with E-state index in [4.69, 9.17) is 19.3 Å². The first-order valence-electron chi connectivity index (χ1n) is 12.4. The van der Waals surface area contributed by atoms with E-state index in [1.54, 1.807) is 0 Å². The predicted octanol–water partition coefficient (Wildman–Crippen LogP) is 4.72. The van der Waals surface area contributed by atoms with Crippen molar-refractivity contribution in [2.24, 2.45) is 0 Å². The fourth-order valence-corrected chi connectivity index (χ4v) is 3.12. The third-order valence-electron chi connectivity index (χ3n) is 4.99. The highest BCUT2D eigenvalue weighted by Gasteiger charge is 2.04. The second kappa shape index (κ2) is 25.1. The third-order valence-corrected chi connectivity index (χ3v) is 4.99. The van der Waals surface area contributed by atoms with Crippen molar-refractivity contribution in [2.75, 3.05) is 46.2 Å². The van der Waals surface area contributed by atoms with Gasteiger partial charge < -0.3 is 24.6 Å². The van der Waals surface area contributed by atoms with Crippen molar-refractivity contribution in [2.45, 2.75) is 96.8 Å². The van der Waals surface area contributed by atoms with Gasteiger partial charge in [0.05, 0.1) is 32.8 Å². The Morgan fingerprint density at radius 1 is 0.613 bits per heavy atom. The first-order chi connectivity index (χ1) is 15.2. The molecule has 0 unspecified atom stereocenters. The zero-order valence-electron chi connectivity index (χ0n) is 19.8. The van der Waals surface area contributed by atoms with E-state index in [2.05, 4.69) is 12.2 Å². The minimum absolute atomic E-state index is 0.0192. The third kappa shape index (κ3) is 26.8. The molecule has 7 nitrogen and oxygen atoms in total. The average Bonchev–Trinajstić information content (AvgIpc) is 2.75. The van der Waals surface area contributed by atoms with Crippen molar-refractivity contribution in [1.82, 2.24) is 5.32 Å².